The smallest absolute Gasteiger partial charge is 0.212 e. The van der Waals surface area contributed by atoms with Gasteiger partial charge in [0.2, 0.25) is 10.0 Å². The summed E-state index contributed by atoms with van der Waals surface area (Å²) in [5.41, 5.74) is 1.10. The molecule has 0 saturated carbocycles. The van der Waals surface area contributed by atoms with Gasteiger partial charge < -0.3 is 10.1 Å². The molecule has 1 atom stereocenters. The van der Waals surface area contributed by atoms with Crippen molar-refractivity contribution in [3.63, 3.8) is 0 Å². The normalized spacial score (nSPS) is 13.3. The standard InChI is InChI=1S/C12H20N2O3S/c1-10(14-8-9-18(15,16)13-2)11-4-6-12(17-3)7-5-11/h4-7,10,13-14H,8-9H2,1-3H3. The molecule has 1 aromatic rings. The van der Waals surface area contributed by atoms with Crippen molar-refractivity contribution >= 4 is 10.0 Å². The number of nitrogens with one attached hydrogen (secondary N) is 2. The number of rotatable bonds is 7. The lowest BCUT2D eigenvalue weighted by Gasteiger charge is -2.14. The molecule has 1 unspecified atom stereocenters. The molecule has 0 aliphatic heterocycles. The summed E-state index contributed by atoms with van der Waals surface area (Å²) >= 11 is 0. The van der Waals surface area contributed by atoms with Gasteiger partial charge in [-0.25, -0.2) is 13.1 Å². The van der Waals surface area contributed by atoms with E-state index in [-0.39, 0.29) is 11.8 Å². The number of methoxy groups -OCH3 is 1. The molecule has 0 aliphatic rings. The van der Waals surface area contributed by atoms with Crippen LogP contribution in [-0.4, -0.2) is 34.9 Å². The van der Waals surface area contributed by atoms with E-state index in [0.717, 1.165) is 11.3 Å². The average molecular weight is 272 g/mol. The third-order valence-corrected chi connectivity index (χ3v) is 4.11. The van der Waals surface area contributed by atoms with Crippen molar-refractivity contribution in [1.29, 1.82) is 0 Å². The highest BCUT2D eigenvalue weighted by Gasteiger charge is 2.09. The molecule has 0 radical (unpaired) electrons. The molecule has 1 aromatic carbocycles. The molecule has 0 aliphatic carbocycles. The van der Waals surface area contributed by atoms with Crippen molar-refractivity contribution in [2.45, 2.75) is 13.0 Å². The van der Waals surface area contributed by atoms with Crippen molar-refractivity contribution < 1.29 is 13.2 Å². The van der Waals surface area contributed by atoms with Gasteiger partial charge in [-0.3, -0.25) is 0 Å². The number of hydrogen-bond donors (Lipinski definition) is 2. The molecule has 2 N–H and O–H groups in total. The van der Waals surface area contributed by atoms with E-state index in [9.17, 15) is 8.42 Å². The van der Waals surface area contributed by atoms with E-state index in [4.69, 9.17) is 4.74 Å². The maximum atomic E-state index is 11.2. The minimum atomic E-state index is -3.14. The molecule has 0 heterocycles. The van der Waals surface area contributed by atoms with Gasteiger partial charge in [-0.1, -0.05) is 12.1 Å². The topological polar surface area (TPSA) is 67.4 Å². The molecular weight excluding hydrogens is 252 g/mol. The Hall–Kier alpha value is -1.11. The molecule has 5 nitrogen and oxygen atoms in total. The average Bonchev–Trinajstić information content (AvgIpc) is 2.38. The lowest BCUT2D eigenvalue weighted by atomic mass is 10.1. The SMILES string of the molecule is CNS(=O)(=O)CCNC(C)c1ccc(OC)cc1. The van der Waals surface area contributed by atoms with Crippen LogP contribution in [0.5, 0.6) is 5.75 Å². The molecule has 0 fully saturated rings. The first-order valence-corrected chi connectivity index (χ1v) is 7.42. The van der Waals surface area contributed by atoms with Gasteiger partial charge in [0.05, 0.1) is 12.9 Å². The second kappa shape index (κ2) is 6.72. The third kappa shape index (κ3) is 4.64. The summed E-state index contributed by atoms with van der Waals surface area (Å²) in [5.74, 6) is 0.882. The molecule has 18 heavy (non-hydrogen) atoms. The lowest BCUT2D eigenvalue weighted by Crippen LogP contribution is -2.30. The largest absolute Gasteiger partial charge is 0.497 e. The zero-order valence-corrected chi connectivity index (χ0v) is 11.8. The first-order valence-electron chi connectivity index (χ1n) is 5.77. The van der Waals surface area contributed by atoms with Crippen molar-refractivity contribution in [3.8, 4) is 5.75 Å². The van der Waals surface area contributed by atoms with Crippen molar-refractivity contribution in [3.05, 3.63) is 29.8 Å². The van der Waals surface area contributed by atoms with E-state index in [1.165, 1.54) is 7.05 Å². The Morgan fingerprint density at radius 1 is 1.28 bits per heavy atom. The van der Waals surface area contributed by atoms with Gasteiger partial charge in [-0.05, 0) is 31.7 Å². The van der Waals surface area contributed by atoms with Gasteiger partial charge in [0.1, 0.15) is 5.75 Å². The quantitative estimate of drug-likeness (QED) is 0.774. The van der Waals surface area contributed by atoms with E-state index in [1.807, 2.05) is 31.2 Å². The minimum Gasteiger partial charge on any atom is -0.497 e. The van der Waals surface area contributed by atoms with Crippen molar-refractivity contribution in [1.82, 2.24) is 10.0 Å². The summed E-state index contributed by atoms with van der Waals surface area (Å²) in [5, 5.41) is 3.17. The van der Waals surface area contributed by atoms with Crippen LogP contribution >= 0.6 is 0 Å². The fraction of sp³-hybridized carbons (Fsp3) is 0.500. The maximum absolute atomic E-state index is 11.2. The highest BCUT2D eigenvalue weighted by atomic mass is 32.2. The Morgan fingerprint density at radius 3 is 2.39 bits per heavy atom. The summed E-state index contributed by atoms with van der Waals surface area (Å²) < 4.78 is 29.8. The third-order valence-electron chi connectivity index (χ3n) is 2.75. The van der Waals surface area contributed by atoms with Crippen LogP contribution < -0.4 is 14.8 Å². The number of ether oxygens (including phenoxy) is 1. The van der Waals surface area contributed by atoms with Crippen LogP contribution in [0.15, 0.2) is 24.3 Å². The van der Waals surface area contributed by atoms with Gasteiger partial charge in [-0.15, -0.1) is 0 Å². The Bertz CT molecular complexity index is 457. The lowest BCUT2D eigenvalue weighted by molar-refractivity contribution is 0.414. The maximum Gasteiger partial charge on any atom is 0.212 e. The summed E-state index contributed by atoms with van der Waals surface area (Å²) in [7, 11) is -0.0973. The van der Waals surface area contributed by atoms with E-state index in [2.05, 4.69) is 10.0 Å². The summed E-state index contributed by atoms with van der Waals surface area (Å²) in [6.07, 6.45) is 0. The van der Waals surface area contributed by atoms with Crippen molar-refractivity contribution in [2.75, 3.05) is 26.5 Å². The summed E-state index contributed by atoms with van der Waals surface area (Å²) in [4.78, 5) is 0. The van der Waals surface area contributed by atoms with Crippen LogP contribution in [0.4, 0.5) is 0 Å². The fourth-order valence-electron chi connectivity index (χ4n) is 1.52. The second-order valence-electron chi connectivity index (χ2n) is 3.97. The monoisotopic (exact) mass is 272 g/mol. The first-order chi connectivity index (χ1) is 8.48. The van der Waals surface area contributed by atoms with Crippen LogP contribution in [0.2, 0.25) is 0 Å². The van der Waals surface area contributed by atoms with E-state index in [0.29, 0.717) is 6.54 Å². The van der Waals surface area contributed by atoms with Gasteiger partial charge in [0.25, 0.3) is 0 Å². The van der Waals surface area contributed by atoms with Gasteiger partial charge in [0.15, 0.2) is 0 Å². The predicted molar refractivity (Wildman–Crippen MR) is 72.3 cm³/mol. The van der Waals surface area contributed by atoms with Crippen LogP contribution in [0.25, 0.3) is 0 Å². The molecule has 0 saturated heterocycles. The number of sulfonamides is 1. The summed E-state index contributed by atoms with van der Waals surface area (Å²) in [6.45, 7) is 2.41. The van der Waals surface area contributed by atoms with Crippen LogP contribution in [-0.2, 0) is 10.0 Å². The molecule has 6 heteroatoms. The van der Waals surface area contributed by atoms with E-state index >= 15 is 0 Å². The number of benzene rings is 1. The predicted octanol–water partition coefficient (Wildman–Crippen LogP) is 0.895. The highest BCUT2D eigenvalue weighted by Crippen LogP contribution is 2.16. The molecule has 0 spiro atoms. The Labute approximate surface area is 109 Å². The number of hydrogen-bond acceptors (Lipinski definition) is 4. The fourth-order valence-corrected chi connectivity index (χ4v) is 2.11. The van der Waals surface area contributed by atoms with Crippen LogP contribution in [0.1, 0.15) is 18.5 Å². The van der Waals surface area contributed by atoms with Crippen LogP contribution in [0, 0.1) is 0 Å². The second-order valence-corrected chi connectivity index (χ2v) is 6.02. The van der Waals surface area contributed by atoms with Crippen LogP contribution in [0.3, 0.4) is 0 Å². The molecule has 0 bridgehead atoms. The zero-order chi connectivity index (χ0) is 13.6. The molecule has 1 rings (SSSR count). The molecule has 102 valence electrons. The van der Waals surface area contributed by atoms with E-state index in [1.54, 1.807) is 7.11 Å². The highest BCUT2D eigenvalue weighted by molar-refractivity contribution is 7.89. The van der Waals surface area contributed by atoms with E-state index < -0.39 is 10.0 Å². The first kappa shape index (κ1) is 14.9. The van der Waals surface area contributed by atoms with Gasteiger partial charge >= 0.3 is 0 Å². The zero-order valence-electron chi connectivity index (χ0n) is 10.9. The molecule has 0 amide bonds. The Morgan fingerprint density at radius 2 is 1.89 bits per heavy atom. The van der Waals surface area contributed by atoms with Crippen molar-refractivity contribution in [2.24, 2.45) is 0 Å². The minimum absolute atomic E-state index is 0.0734. The molecular formula is C12H20N2O3S. The Balaban J connectivity index is 2.47. The van der Waals surface area contributed by atoms with Gasteiger partial charge in [-0.2, -0.15) is 0 Å². The molecule has 0 aromatic heterocycles. The van der Waals surface area contributed by atoms with Gasteiger partial charge in [0, 0.05) is 12.6 Å². The Kier molecular flexibility index (Phi) is 5.58. The summed E-state index contributed by atoms with van der Waals surface area (Å²) in [6, 6.07) is 7.80.